The van der Waals surface area contributed by atoms with E-state index in [1.165, 1.54) is 0 Å². The van der Waals surface area contributed by atoms with Crippen LogP contribution in [0.3, 0.4) is 0 Å². The first-order valence-corrected chi connectivity index (χ1v) is 7.59. The summed E-state index contributed by atoms with van der Waals surface area (Å²) in [5.41, 5.74) is 1.58. The Morgan fingerprint density at radius 1 is 1.24 bits per heavy atom. The highest BCUT2D eigenvalue weighted by Gasteiger charge is 2.53. The van der Waals surface area contributed by atoms with Crippen LogP contribution in [0.1, 0.15) is 44.7 Å². The molecule has 0 radical (unpaired) electrons. The minimum Gasteiger partial charge on any atom is -0.504 e. The van der Waals surface area contributed by atoms with Crippen LogP contribution in [-0.4, -0.2) is 23.4 Å². The predicted molar refractivity (Wildman–Crippen MR) is 83.6 cm³/mol. The highest BCUT2D eigenvalue weighted by atomic mass is 16.5. The van der Waals surface area contributed by atoms with Gasteiger partial charge in [-0.05, 0) is 35.8 Å². The van der Waals surface area contributed by atoms with Crippen molar-refractivity contribution < 1.29 is 14.9 Å². The highest BCUT2D eigenvalue weighted by molar-refractivity contribution is 5.70. The first-order valence-electron chi connectivity index (χ1n) is 7.59. The van der Waals surface area contributed by atoms with E-state index in [2.05, 4.69) is 26.8 Å². The summed E-state index contributed by atoms with van der Waals surface area (Å²) in [4.78, 5) is 0. The smallest absolute Gasteiger partial charge is 0.165 e. The molecule has 0 aromatic heterocycles. The Balaban J connectivity index is 2.23. The number of hydrogen-bond donors (Lipinski definition) is 2. The van der Waals surface area contributed by atoms with Crippen LogP contribution < -0.4 is 4.74 Å². The SMILES string of the molecule is COc1ccc2c(c1O)C=C[C@H]1C(C)(C)CC[C@@H](O)[C@]21C. The first-order chi connectivity index (χ1) is 9.82. The molecule has 2 aliphatic rings. The number of phenolic OH excluding ortho intramolecular Hbond substituents is 1. The van der Waals surface area contributed by atoms with Crippen LogP contribution in [0.25, 0.3) is 6.08 Å². The third kappa shape index (κ3) is 1.83. The normalized spacial score (nSPS) is 33.2. The third-order valence-electron chi connectivity index (χ3n) is 5.68. The number of allylic oxidation sites excluding steroid dienone is 1. The maximum atomic E-state index is 10.7. The van der Waals surface area contributed by atoms with Crippen molar-refractivity contribution in [3.05, 3.63) is 29.3 Å². The fourth-order valence-corrected chi connectivity index (χ4v) is 4.37. The number of methoxy groups -OCH3 is 1. The van der Waals surface area contributed by atoms with E-state index in [1.54, 1.807) is 13.2 Å². The lowest BCUT2D eigenvalue weighted by Crippen LogP contribution is -2.53. The first kappa shape index (κ1) is 14.5. The van der Waals surface area contributed by atoms with Gasteiger partial charge in [0.1, 0.15) is 0 Å². The van der Waals surface area contributed by atoms with Gasteiger partial charge in [-0.15, -0.1) is 0 Å². The fraction of sp³-hybridized carbons (Fsp3) is 0.556. The lowest BCUT2D eigenvalue weighted by atomic mass is 9.51. The number of aromatic hydroxyl groups is 1. The zero-order valence-corrected chi connectivity index (χ0v) is 13.2. The Labute approximate surface area is 126 Å². The van der Waals surface area contributed by atoms with E-state index in [1.807, 2.05) is 12.1 Å². The Morgan fingerprint density at radius 3 is 2.62 bits per heavy atom. The van der Waals surface area contributed by atoms with Crippen molar-refractivity contribution in [2.75, 3.05) is 7.11 Å². The van der Waals surface area contributed by atoms with Gasteiger partial charge in [-0.2, -0.15) is 0 Å². The average Bonchev–Trinajstić information content (AvgIpc) is 2.44. The topological polar surface area (TPSA) is 49.7 Å². The molecule has 1 aromatic carbocycles. The molecular weight excluding hydrogens is 264 g/mol. The molecule has 3 heteroatoms. The van der Waals surface area contributed by atoms with E-state index in [0.717, 1.165) is 24.0 Å². The van der Waals surface area contributed by atoms with Gasteiger partial charge >= 0.3 is 0 Å². The van der Waals surface area contributed by atoms with Crippen LogP contribution in [0.15, 0.2) is 18.2 Å². The van der Waals surface area contributed by atoms with Gasteiger partial charge in [0.25, 0.3) is 0 Å². The van der Waals surface area contributed by atoms with E-state index in [0.29, 0.717) is 5.75 Å². The summed E-state index contributed by atoms with van der Waals surface area (Å²) < 4.78 is 5.20. The molecule has 1 saturated carbocycles. The highest BCUT2D eigenvalue weighted by Crippen LogP contribution is 2.57. The Bertz CT molecular complexity index is 603. The summed E-state index contributed by atoms with van der Waals surface area (Å²) in [5, 5.41) is 21.1. The molecule has 1 fully saturated rings. The zero-order chi connectivity index (χ0) is 15.4. The average molecular weight is 288 g/mol. The summed E-state index contributed by atoms with van der Waals surface area (Å²) >= 11 is 0. The van der Waals surface area contributed by atoms with E-state index in [4.69, 9.17) is 4.74 Å². The quantitative estimate of drug-likeness (QED) is 0.831. The molecule has 0 heterocycles. The number of fused-ring (bicyclic) bond motifs is 3. The maximum absolute atomic E-state index is 10.7. The second kappa shape index (κ2) is 4.51. The summed E-state index contributed by atoms with van der Waals surface area (Å²) in [5.74, 6) is 0.903. The summed E-state index contributed by atoms with van der Waals surface area (Å²) in [7, 11) is 1.55. The summed E-state index contributed by atoms with van der Waals surface area (Å²) in [6, 6.07) is 3.79. The number of phenols is 1. The molecule has 0 spiro atoms. The van der Waals surface area contributed by atoms with Gasteiger partial charge in [0.05, 0.1) is 13.2 Å². The molecule has 0 bridgehead atoms. The number of rotatable bonds is 1. The number of hydrogen-bond acceptors (Lipinski definition) is 3. The van der Waals surface area contributed by atoms with Gasteiger partial charge in [-0.25, -0.2) is 0 Å². The van der Waals surface area contributed by atoms with Crippen molar-refractivity contribution in [3.8, 4) is 11.5 Å². The van der Waals surface area contributed by atoms with Gasteiger partial charge in [0, 0.05) is 11.0 Å². The molecule has 0 unspecified atom stereocenters. The monoisotopic (exact) mass is 288 g/mol. The van der Waals surface area contributed by atoms with Crippen LogP contribution in [-0.2, 0) is 5.41 Å². The van der Waals surface area contributed by atoms with Gasteiger partial charge in [0.2, 0.25) is 0 Å². The van der Waals surface area contributed by atoms with E-state index in [-0.39, 0.29) is 22.5 Å². The molecule has 114 valence electrons. The van der Waals surface area contributed by atoms with E-state index < -0.39 is 6.10 Å². The molecule has 21 heavy (non-hydrogen) atoms. The summed E-state index contributed by atoms with van der Waals surface area (Å²) in [6.07, 6.45) is 5.55. The van der Waals surface area contributed by atoms with Crippen LogP contribution in [0.2, 0.25) is 0 Å². The third-order valence-corrected chi connectivity index (χ3v) is 5.68. The predicted octanol–water partition coefficient (Wildman–Crippen LogP) is 3.48. The standard InChI is InChI=1S/C18H24O3/c1-17(2)10-9-15(19)18(3)12-6-7-13(21-4)16(20)11(12)5-8-14(17)18/h5-8,14-15,19-20H,9-10H2,1-4H3/t14-,15+,18+/m0/s1. The van der Waals surface area contributed by atoms with Gasteiger partial charge in [-0.3, -0.25) is 0 Å². The second-order valence-corrected chi connectivity index (χ2v) is 7.24. The maximum Gasteiger partial charge on any atom is 0.165 e. The van der Waals surface area contributed by atoms with Gasteiger partial charge in [0.15, 0.2) is 11.5 Å². The molecule has 2 N–H and O–H groups in total. The Hall–Kier alpha value is -1.48. The molecular formula is C18H24O3. The van der Waals surface area contributed by atoms with Crippen molar-refractivity contribution >= 4 is 6.08 Å². The molecule has 1 aromatic rings. The molecule has 0 aliphatic heterocycles. The van der Waals surface area contributed by atoms with Crippen molar-refractivity contribution in [3.63, 3.8) is 0 Å². The van der Waals surface area contributed by atoms with Crippen LogP contribution in [0.4, 0.5) is 0 Å². The molecule has 0 amide bonds. The summed E-state index contributed by atoms with van der Waals surface area (Å²) in [6.45, 7) is 6.65. The minimum absolute atomic E-state index is 0.137. The van der Waals surface area contributed by atoms with Gasteiger partial charge in [-0.1, -0.05) is 39.0 Å². The molecule has 2 aliphatic carbocycles. The lowest BCUT2D eigenvalue weighted by molar-refractivity contribution is -0.0314. The van der Waals surface area contributed by atoms with Crippen LogP contribution in [0, 0.1) is 11.3 Å². The van der Waals surface area contributed by atoms with Crippen LogP contribution in [0.5, 0.6) is 11.5 Å². The van der Waals surface area contributed by atoms with Crippen LogP contribution >= 0.6 is 0 Å². The minimum atomic E-state index is -0.396. The lowest BCUT2D eigenvalue weighted by Gasteiger charge is -2.54. The number of aliphatic hydroxyl groups excluding tert-OH is 1. The molecule has 3 atom stereocenters. The van der Waals surface area contributed by atoms with Crippen molar-refractivity contribution in [2.24, 2.45) is 11.3 Å². The number of ether oxygens (including phenoxy) is 1. The van der Waals surface area contributed by atoms with Crippen molar-refractivity contribution in [1.29, 1.82) is 0 Å². The largest absolute Gasteiger partial charge is 0.504 e. The Morgan fingerprint density at radius 2 is 1.95 bits per heavy atom. The zero-order valence-electron chi connectivity index (χ0n) is 13.2. The number of benzene rings is 1. The molecule has 3 rings (SSSR count). The molecule has 0 saturated heterocycles. The van der Waals surface area contributed by atoms with Crippen molar-refractivity contribution in [2.45, 2.75) is 45.1 Å². The van der Waals surface area contributed by atoms with E-state index >= 15 is 0 Å². The van der Waals surface area contributed by atoms with Gasteiger partial charge < -0.3 is 14.9 Å². The van der Waals surface area contributed by atoms with Crippen molar-refractivity contribution in [1.82, 2.24) is 0 Å². The van der Waals surface area contributed by atoms with E-state index in [9.17, 15) is 10.2 Å². The fourth-order valence-electron chi connectivity index (χ4n) is 4.37. The second-order valence-electron chi connectivity index (χ2n) is 7.24. The molecule has 3 nitrogen and oxygen atoms in total. The Kier molecular flexibility index (Phi) is 3.10. The number of aliphatic hydroxyl groups is 1.